The fourth-order valence-corrected chi connectivity index (χ4v) is 0.312. The molecular formula is C6H12O2. The van der Waals surface area contributed by atoms with Crippen LogP contribution < -0.4 is 0 Å². The van der Waals surface area contributed by atoms with E-state index >= 15 is 0 Å². The first kappa shape index (κ1) is 7.50. The topological polar surface area (TPSA) is 29.5 Å². The van der Waals surface area contributed by atoms with E-state index in [0.717, 1.165) is 0 Å². The number of hydrogen-bond acceptors (Lipinski definition) is 2. The zero-order chi connectivity index (χ0) is 6.24. The lowest BCUT2D eigenvalue weighted by atomic mass is 10.5. The molecular weight excluding hydrogens is 104 g/mol. The molecule has 0 saturated carbocycles. The highest BCUT2D eigenvalue weighted by Crippen LogP contribution is 1.80. The van der Waals surface area contributed by atoms with Crippen LogP contribution in [0.25, 0.3) is 0 Å². The van der Waals surface area contributed by atoms with Gasteiger partial charge in [-0.05, 0) is 6.92 Å². The number of hydrogen-bond donors (Lipinski definition) is 1. The number of allylic oxidation sites excluding steroid dienone is 1. The molecule has 0 aliphatic carbocycles. The minimum absolute atomic E-state index is 0.206. The fraction of sp³-hybridized carbons (Fsp3) is 0.667. The normalized spacial score (nSPS) is 10.2. The lowest BCUT2D eigenvalue weighted by Gasteiger charge is -1.94. The maximum Gasteiger partial charge on any atom is 0.0895 e. The molecule has 0 aliphatic rings. The second-order valence-corrected chi connectivity index (χ2v) is 1.42. The second kappa shape index (κ2) is 6.50. The molecule has 0 amide bonds. The number of aliphatic hydroxyl groups is 1. The van der Waals surface area contributed by atoms with Gasteiger partial charge in [0.2, 0.25) is 0 Å². The van der Waals surface area contributed by atoms with Crippen molar-refractivity contribution in [1.82, 2.24) is 0 Å². The number of rotatable bonds is 4. The molecule has 0 rings (SSSR count). The average Bonchev–Trinajstić information content (AvgIpc) is 1.81. The molecule has 0 bridgehead atoms. The van der Waals surface area contributed by atoms with Gasteiger partial charge in [-0.2, -0.15) is 0 Å². The predicted octanol–water partition coefficient (Wildman–Crippen LogP) is 0.919. The zero-order valence-electron chi connectivity index (χ0n) is 5.13. The summed E-state index contributed by atoms with van der Waals surface area (Å²) in [5.74, 6) is 0. The summed E-state index contributed by atoms with van der Waals surface area (Å²) >= 11 is 0. The third-order valence-electron chi connectivity index (χ3n) is 0.653. The van der Waals surface area contributed by atoms with E-state index in [9.17, 15) is 0 Å². The third kappa shape index (κ3) is 5.50. The Kier molecular flexibility index (Phi) is 6.09. The molecule has 0 heterocycles. The van der Waals surface area contributed by atoms with Crippen LogP contribution >= 0.6 is 0 Å². The van der Waals surface area contributed by atoms with E-state index < -0.39 is 0 Å². The van der Waals surface area contributed by atoms with E-state index in [2.05, 4.69) is 0 Å². The summed E-state index contributed by atoms with van der Waals surface area (Å²) < 4.78 is 4.88. The van der Waals surface area contributed by atoms with Gasteiger partial charge in [0.05, 0.1) is 12.9 Å². The maximum absolute atomic E-state index is 8.26. The summed E-state index contributed by atoms with van der Waals surface area (Å²) in [6.45, 7) is 2.71. The molecule has 0 aromatic rings. The van der Waals surface area contributed by atoms with Crippen LogP contribution in [0.1, 0.15) is 13.3 Å². The minimum atomic E-state index is 0.206. The number of ether oxygens (including phenoxy) is 1. The molecule has 48 valence electrons. The van der Waals surface area contributed by atoms with Crippen molar-refractivity contribution in [2.45, 2.75) is 13.3 Å². The highest BCUT2D eigenvalue weighted by Gasteiger charge is 1.78. The van der Waals surface area contributed by atoms with Crippen molar-refractivity contribution in [3.8, 4) is 0 Å². The van der Waals surface area contributed by atoms with Gasteiger partial charge >= 0.3 is 0 Å². The van der Waals surface area contributed by atoms with Crippen LogP contribution in [0.15, 0.2) is 12.3 Å². The zero-order valence-corrected chi connectivity index (χ0v) is 5.13. The van der Waals surface area contributed by atoms with Crippen LogP contribution in [-0.2, 0) is 4.74 Å². The molecule has 0 aromatic heterocycles. The first-order chi connectivity index (χ1) is 3.91. The molecule has 0 spiro atoms. The fourth-order valence-electron chi connectivity index (χ4n) is 0.312. The van der Waals surface area contributed by atoms with Gasteiger partial charge in [-0.25, -0.2) is 0 Å². The molecule has 1 N–H and O–H groups in total. The quantitative estimate of drug-likeness (QED) is 0.437. The Bertz CT molecular complexity index is 59.5. The van der Waals surface area contributed by atoms with Gasteiger partial charge in [0.15, 0.2) is 0 Å². The Morgan fingerprint density at radius 1 is 1.62 bits per heavy atom. The molecule has 8 heavy (non-hydrogen) atoms. The van der Waals surface area contributed by atoms with Gasteiger partial charge in [-0.15, -0.1) is 0 Å². The van der Waals surface area contributed by atoms with E-state index in [1.54, 1.807) is 6.26 Å². The molecule has 2 nitrogen and oxygen atoms in total. The van der Waals surface area contributed by atoms with E-state index in [-0.39, 0.29) is 6.61 Å². The van der Waals surface area contributed by atoms with Gasteiger partial charge in [0.25, 0.3) is 0 Å². The van der Waals surface area contributed by atoms with Crippen LogP contribution in [0.5, 0.6) is 0 Å². The molecule has 0 aliphatic heterocycles. The minimum Gasteiger partial charge on any atom is -0.501 e. The van der Waals surface area contributed by atoms with Gasteiger partial charge in [-0.1, -0.05) is 6.08 Å². The largest absolute Gasteiger partial charge is 0.501 e. The van der Waals surface area contributed by atoms with Crippen molar-refractivity contribution in [2.75, 3.05) is 13.2 Å². The molecule has 0 unspecified atom stereocenters. The predicted molar refractivity (Wildman–Crippen MR) is 32.5 cm³/mol. The highest BCUT2D eigenvalue weighted by atomic mass is 16.5. The standard InChI is InChI=1S/C6H12O2/c1-2-5-8-6-3-4-7/h2,5,7H,3-4,6H2,1H3. The van der Waals surface area contributed by atoms with E-state index in [0.29, 0.717) is 13.0 Å². The summed E-state index contributed by atoms with van der Waals surface area (Å²) in [7, 11) is 0. The Morgan fingerprint density at radius 3 is 2.88 bits per heavy atom. The van der Waals surface area contributed by atoms with E-state index in [1.807, 2.05) is 13.0 Å². The SMILES string of the molecule is CC=COCCCO. The van der Waals surface area contributed by atoms with E-state index in [1.165, 1.54) is 0 Å². The first-order valence-electron chi connectivity index (χ1n) is 2.75. The van der Waals surface area contributed by atoms with Gasteiger partial charge < -0.3 is 9.84 Å². The van der Waals surface area contributed by atoms with Gasteiger partial charge in [-0.3, -0.25) is 0 Å². The van der Waals surface area contributed by atoms with Crippen molar-refractivity contribution in [1.29, 1.82) is 0 Å². The van der Waals surface area contributed by atoms with Crippen LogP contribution in [0.2, 0.25) is 0 Å². The molecule has 2 heteroatoms. The van der Waals surface area contributed by atoms with Crippen molar-refractivity contribution in [3.63, 3.8) is 0 Å². The second-order valence-electron chi connectivity index (χ2n) is 1.42. The third-order valence-corrected chi connectivity index (χ3v) is 0.653. The lowest BCUT2D eigenvalue weighted by Crippen LogP contribution is -1.90. The number of aliphatic hydroxyl groups excluding tert-OH is 1. The Labute approximate surface area is 49.8 Å². The summed E-state index contributed by atoms with van der Waals surface area (Å²) in [5.41, 5.74) is 0. The Hall–Kier alpha value is -0.500. The summed E-state index contributed by atoms with van der Waals surface area (Å²) in [5, 5.41) is 8.26. The van der Waals surface area contributed by atoms with E-state index in [4.69, 9.17) is 9.84 Å². The Morgan fingerprint density at radius 2 is 2.38 bits per heavy atom. The monoisotopic (exact) mass is 116 g/mol. The van der Waals surface area contributed by atoms with Crippen molar-refractivity contribution < 1.29 is 9.84 Å². The average molecular weight is 116 g/mol. The van der Waals surface area contributed by atoms with Crippen LogP contribution in [0.3, 0.4) is 0 Å². The molecule has 0 fully saturated rings. The van der Waals surface area contributed by atoms with Crippen molar-refractivity contribution in [2.24, 2.45) is 0 Å². The van der Waals surface area contributed by atoms with Crippen LogP contribution in [-0.4, -0.2) is 18.3 Å². The molecule has 0 atom stereocenters. The highest BCUT2D eigenvalue weighted by molar-refractivity contribution is 4.64. The first-order valence-corrected chi connectivity index (χ1v) is 2.75. The van der Waals surface area contributed by atoms with Crippen LogP contribution in [0.4, 0.5) is 0 Å². The van der Waals surface area contributed by atoms with Gasteiger partial charge in [0.1, 0.15) is 0 Å². The van der Waals surface area contributed by atoms with Gasteiger partial charge in [0, 0.05) is 13.0 Å². The summed E-state index contributed by atoms with van der Waals surface area (Å²) in [4.78, 5) is 0. The molecule has 0 aromatic carbocycles. The lowest BCUT2D eigenvalue weighted by molar-refractivity contribution is 0.199. The van der Waals surface area contributed by atoms with Crippen molar-refractivity contribution in [3.05, 3.63) is 12.3 Å². The van der Waals surface area contributed by atoms with Crippen molar-refractivity contribution >= 4 is 0 Å². The molecule has 0 saturated heterocycles. The maximum atomic E-state index is 8.26. The summed E-state index contributed by atoms with van der Waals surface area (Å²) in [6.07, 6.45) is 4.15. The van der Waals surface area contributed by atoms with Crippen LogP contribution in [0, 0.1) is 0 Å². The Balaban J connectivity index is 2.72. The molecule has 0 radical (unpaired) electrons. The smallest absolute Gasteiger partial charge is 0.0895 e. The summed E-state index contributed by atoms with van der Waals surface area (Å²) in [6, 6.07) is 0.